The number of carbonyl (C=O) groups excluding carboxylic acids is 4. The topological polar surface area (TPSA) is 128 Å². The Morgan fingerprint density at radius 3 is 1.94 bits per heavy atom. The van der Waals surface area contributed by atoms with Crippen LogP contribution in [0.15, 0.2) is 60.7 Å². The van der Waals surface area contributed by atoms with E-state index in [1.54, 1.807) is 38.1 Å². The number of hydrogen-bond acceptors (Lipinski definition) is 5. The first-order valence-corrected chi connectivity index (χ1v) is 9.93. The van der Waals surface area contributed by atoms with Gasteiger partial charge in [0.25, 0.3) is 5.91 Å². The van der Waals surface area contributed by atoms with E-state index in [1.165, 1.54) is 0 Å². The summed E-state index contributed by atoms with van der Waals surface area (Å²) in [4.78, 5) is 48.7. The van der Waals surface area contributed by atoms with Gasteiger partial charge in [-0.2, -0.15) is 0 Å². The molecule has 0 saturated carbocycles. The Morgan fingerprint density at radius 1 is 0.871 bits per heavy atom. The van der Waals surface area contributed by atoms with Gasteiger partial charge in [0.05, 0.1) is 0 Å². The Morgan fingerprint density at radius 2 is 1.42 bits per heavy atom. The molecule has 2 aromatic carbocycles. The van der Waals surface area contributed by atoms with Crippen molar-refractivity contribution in [1.29, 1.82) is 0 Å². The molecule has 0 radical (unpaired) electrons. The van der Waals surface area contributed by atoms with Gasteiger partial charge in [-0.15, -0.1) is 0 Å². The maximum Gasteiger partial charge on any atom is 0.408 e. The van der Waals surface area contributed by atoms with Gasteiger partial charge < -0.3 is 21.1 Å². The van der Waals surface area contributed by atoms with Crippen LogP contribution in [0.4, 0.5) is 4.79 Å². The molecular weight excluding hydrogens is 398 g/mol. The third-order valence-electron chi connectivity index (χ3n) is 4.59. The Bertz CT molecular complexity index is 900. The van der Waals surface area contributed by atoms with Crippen molar-refractivity contribution in [3.8, 4) is 0 Å². The molecular formula is C23H27N3O5. The molecule has 0 saturated heterocycles. The van der Waals surface area contributed by atoms with Crippen LogP contribution in [0.1, 0.15) is 25.0 Å². The smallest absolute Gasteiger partial charge is 0.408 e. The summed E-state index contributed by atoms with van der Waals surface area (Å²) in [5.41, 5.74) is 6.70. The molecule has 0 aliphatic carbocycles. The number of ether oxygens (including phenoxy) is 1. The van der Waals surface area contributed by atoms with Gasteiger partial charge in [0, 0.05) is 6.42 Å². The molecule has 0 heterocycles. The summed E-state index contributed by atoms with van der Waals surface area (Å²) < 4.78 is 5.17. The zero-order valence-electron chi connectivity index (χ0n) is 17.5. The number of benzene rings is 2. The molecule has 164 valence electrons. The minimum atomic E-state index is -1.14. The largest absolute Gasteiger partial charge is 0.445 e. The summed E-state index contributed by atoms with van der Waals surface area (Å²) in [5, 5.41) is 5.07. The van der Waals surface area contributed by atoms with Crippen LogP contribution in [-0.2, 0) is 32.1 Å². The summed E-state index contributed by atoms with van der Waals surface area (Å²) in [5.74, 6) is -2.96. The van der Waals surface area contributed by atoms with Crippen LogP contribution in [0.3, 0.4) is 0 Å². The Balaban J connectivity index is 2.04. The number of carbonyl (C=O) groups is 4. The molecule has 0 bridgehead atoms. The van der Waals surface area contributed by atoms with E-state index in [2.05, 4.69) is 10.6 Å². The SMILES string of the molecule is CC(C)C(NC(=O)OCc1ccccc1)C(=O)NC(Cc1ccccc1)C(=O)C(N)=O. The minimum Gasteiger partial charge on any atom is -0.445 e. The number of Topliss-reactive ketones (excluding diaryl/α,β-unsaturated/α-hetero) is 1. The van der Waals surface area contributed by atoms with E-state index in [9.17, 15) is 19.2 Å². The van der Waals surface area contributed by atoms with Gasteiger partial charge in [-0.1, -0.05) is 74.5 Å². The lowest BCUT2D eigenvalue weighted by atomic mass is 9.99. The lowest BCUT2D eigenvalue weighted by Crippen LogP contribution is -2.55. The standard InChI is InChI=1S/C23H27N3O5/c1-15(2)19(26-23(30)31-14-17-11-7-4-8-12-17)22(29)25-18(20(27)21(24)28)13-16-9-5-3-6-10-16/h3-12,15,18-19H,13-14H2,1-2H3,(H2,24,28)(H,25,29)(H,26,30). The van der Waals surface area contributed by atoms with Crippen molar-refractivity contribution < 1.29 is 23.9 Å². The van der Waals surface area contributed by atoms with Crippen LogP contribution in [0, 0.1) is 5.92 Å². The Labute approximate surface area is 181 Å². The number of alkyl carbamates (subject to hydrolysis) is 1. The van der Waals surface area contributed by atoms with Crippen LogP contribution < -0.4 is 16.4 Å². The highest BCUT2D eigenvalue weighted by molar-refractivity contribution is 6.37. The number of amides is 3. The number of primary amides is 1. The first-order chi connectivity index (χ1) is 14.8. The van der Waals surface area contributed by atoms with E-state index in [1.807, 2.05) is 36.4 Å². The molecule has 0 spiro atoms. The molecule has 31 heavy (non-hydrogen) atoms. The molecule has 0 aliphatic rings. The first kappa shape index (κ1) is 23.6. The van der Waals surface area contributed by atoms with Crippen molar-refractivity contribution in [1.82, 2.24) is 10.6 Å². The molecule has 2 aromatic rings. The predicted molar refractivity (Wildman–Crippen MR) is 115 cm³/mol. The van der Waals surface area contributed by atoms with Gasteiger partial charge >= 0.3 is 6.09 Å². The lowest BCUT2D eigenvalue weighted by molar-refractivity contribution is -0.138. The highest BCUT2D eigenvalue weighted by Crippen LogP contribution is 2.08. The predicted octanol–water partition coefficient (Wildman–Crippen LogP) is 1.72. The summed E-state index contributed by atoms with van der Waals surface area (Å²) in [7, 11) is 0. The molecule has 2 atom stereocenters. The van der Waals surface area contributed by atoms with E-state index in [0.717, 1.165) is 11.1 Å². The molecule has 2 rings (SSSR count). The second-order valence-electron chi connectivity index (χ2n) is 7.41. The Hall–Kier alpha value is -3.68. The average molecular weight is 425 g/mol. The van der Waals surface area contributed by atoms with E-state index in [4.69, 9.17) is 10.5 Å². The van der Waals surface area contributed by atoms with Crippen molar-refractivity contribution in [2.45, 2.75) is 39.0 Å². The summed E-state index contributed by atoms with van der Waals surface area (Å²) in [6, 6.07) is 15.9. The van der Waals surface area contributed by atoms with Crippen LogP contribution in [0.25, 0.3) is 0 Å². The fourth-order valence-corrected chi connectivity index (χ4v) is 2.92. The highest BCUT2D eigenvalue weighted by atomic mass is 16.5. The maximum absolute atomic E-state index is 12.8. The fourth-order valence-electron chi connectivity index (χ4n) is 2.92. The highest BCUT2D eigenvalue weighted by Gasteiger charge is 2.31. The van der Waals surface area contributed by atoms with Crippen molar-refractivity contribution in [3.05, 3.63) is 71.8 Å². The normalized spacial score (nSPS) is 12.5. The molecule has 8 nitrogen and oxygen atoms in total. The summed E-state index contributed by atoms with van der Waals surface area (Å²) in [6.45, 7) is 3.53. The zero-order chi connectivity index (χ0) is 22.8. The van der Waals surface area contributed by atoms with Crippen molar-refractivity contribution >= 4 is 23.7 Å². The second-order valence-corrected chi connectivity index (χ2v) is 7.41. The third kappa shape index (κ3) is 7.58. The number of rotatable bonds is 10. The Kier molecular flexibility index (Phi) is 8.75. The molecule has 2 unspecified atom stereocenters. The summed E-state index contributed by atoms with van der Waals surface area (Å²) >= 11 is 0. The third-order valence-corrected chi connectivity index (χ3v) is 4.59. The van der Waals surface area contributed by atoms with Crippen LogP contribution >= 0.6 is 0 Å². The van der Waals surface area contributed by atoms with E-state index in [-0.39, 0.29) is 18.9 Å². The van der Waals surface area contributed by atoms with E-state index < -0.39 is 35.8 Å². The van der Waals surface area contributed by atoms with E-state index >= 15 is 0 Å². The van der Waals surface area contributed by atoms with E-state index in [0.29, 0.717) is 0 Å². The quantitative estimate of drug-likeness (QED) is 0.500. The van der Waals surface area contributed by atoms with Crippen LogP contribution in [0.5, 0.6) is 0 Å². The van der Waals surface area contributed by atoms with Crippen molar-refractivity contribution in [2.75, 3.05) is 0 Å². The molecule has 8 heteroatoms. The average Bonchev–Trinajstić information content (AvgIpc) is 2.76. The first-order valence-electron chi connectivity index (χ1n) is 9.93. The number of nitrogens with one attached hydrogen (secondary N) is 2. The van der Waals surface area contributed by atoms with Gasteiger partial charge in [-0.25, -0.2) is 4.79 Å². The van der Waals surface area contributed by atoms with Crippen molar-refractivity contribution in [3.63, 3.8) is 0 Å². The van der Waals surface area contributed by atoms with Gasteiger partial charge in [0.15, 0.2) is 0 Å². The van der Waals surface area contributed by atoms with Gasteiger partial charge in [-0.3, -0.25) is 14.4 Å². The fraction of sp³-hybridized carbons (Fsp3) is 0.304. The van der Waals surface area contributed by atoms with Gasteiger partial charge in [-0.05, 0) is 17.0 Å². The molecule has 0 fully saturated rings. The monoisotopic (exact) mass is 425 g/mol. The number of ketones is 1. The zero-order valence-corrected chi connectivity index (χ0v) is 17.5. The summed E-state index contributed by atoms with van der Waals surface area (Å²) in [6.07, 6.45) is -0.670. The molecule has 4 N–H and O–H groups in total. The van der Waals surface area contributed by atoms with Gasteiger partial charge in [0.1, 0.15) is 18.7 Å². The minimum absolute atomic E-state index is 0.0515. The maximum atomic E-state index is 12.8. The van der Waals surface area contributed by atoms with Crippen LogP contribution in [0.2, 0.25) is 0 Å². The lowest BCUT2D eigenvalue weighted by Gasteiger charge is -2.24. The molecule has 0 aliphatic heterocycles. The van der Waals surface area contributed by atoms with Crippen molar-refractivity contribution in [2.24, 2.45) is 11.7 Å². The number of nitrogens with two attached hydrogens (primary N) is 1. The second kappa shape index (κ2) is 11.5. The molecule has 3 amide bonds. The molecule has 0 aromatic heterocycles. The van der Waals surface area contributed by atoms with Crippen LogP contribution in [-0.4, -0.2) is 35.8 Å². The van der Waals surface area contributed by atoms with Gasteiger partial charge in [0.2, 0.25) is 11.7 Å². The number of hydrogen-bond donors (Lipinski definition) is 3.